The molecular formula is C13H18FNO3S. The molecule has 1 aromatic carbocycles. The molecule has 2 N–H and O–H groups in total. The maximum absolute atomic E-state index is 13.2. The van der Waals surface area contributed by atoms with E-state index in [2.05, 4.69) is 4.74 Å². The van der Waals surface area contributed by atoms with Crippen LogP contribution in [0.15, 0.2) is 24.3 Å². The minimum atomic E-state index is -0.579. The average Bonchev–Trinajstić information content (AvgIpc) is 2.43. The fourth-order valence-electron chi connectivity index (χ4n) is 1.35. The van der Waals surface area contributed by atoms with Gasteiger partial charge in [0.1, 0.15) is 6.04 Å². The number of hydrogen-bond donors (Lipinski definition) is 1. The van der Waals surface area contributed by atoms with Gasteiger partial charge in [-0.3, -0.25) is 4.79 Å². The number of methoxy groups -OCH3 is 1. The normalized spacial score (nSPS) is 11.9. The summed E-state index contributed by atoms with van der Waals surface area (Å²) in [6, 6.07) is 5.71. The highest BCUT2D eigenvalue weighted by Crippen LogP contribution is 2.15. The first-order chi connectivity index (χ1) is 9.15. The summed E-state index contributed by atoms with van der Waals surface area (Å²) >= 11 is 1.60. The fourth-order valence-corrected chi connectivity index (χ4v) is 2.18. The number of carbonyl (C=O) groups excluding carboxylic acids is 1. The molecule has 0 amide bonds. The Bertz CT molecular complexity index is 403. The molecule has 0 aliphatic rings. The molecule has 1 unspecified atom stereocenters. The van der Waals surface area contributed by atoms with E-state index in [0.717, 1.165) is 5.75 Å². The van der Waals surface area contributed by atoms with Crippen molar-refractivity contribution in [2.24, 2.45) is 5.73 Å². The van der Waals surface area contributed by atoms with Gasteiger partial charge >= 0.3 is 5.97 Å². The molecule has 1 aromatic rings. The van der Waals surface area contributed by atoms with Crippen LogP contribution in [0, 0.1) is 5.82 Å². The van der Waals surface area contributed by atoms with Gasteiger partial charge < -0.3 is 15.2 Å². The number of carbonyl (C=O) groups is 1. The third-order valence-corrected chi connectivity index (χ3v) is 3.38. The summed E-state index contributed by atoms with van der Waals surface area (Å²) in [4.78, 5) is 11.0. The molecule has 19 heavy (non-hydrogen) atoms. The van der Waals surface area contributed by atoms with Crippen LogP contribution < -0.4 is 10.5 Å². The number of rotatable bonds is 8. The Balaban J connectivity index is 2.09. The van der Waals surface area contributed by atoms with Crippen molar-refractivity contribution in [3.63, 3.8) is 0 Å². The van der Waals surface area contributed by atoms with Crippen LogP contribution in [-0.4, -0.2) is 37.2 Å². The van der Waals surface area contributed by atoms with Crippen LogP contribution >= 0.6 is 11.8 Å². The van der Waals surface area contributed by atoms with Crippen molar-refractivity contribution < 1.29 is 18.7 Å². The Morgan fingerprint density at radius 2 is 2.16 bits per heavy atom. The van der Waals surface area contributed by atoms with E-state index in [1.165, 1.54) is 13.2 Å². The Morgan fingerprint density at radius 1 is 1.42 bits per heavy atom. The second kappa shape index (κ2) is 8.77. The molecular weight excluding hydrogens is 269 g/mol. The summed E-state index contributed by atoms with van der Waals surface area (Å²) in [5.74, 6) is 0.942. The van der Waals surface area contributed by atoms with Crippen molar-refractivity contribution >= 4 is 17.7 Å². The SMILES string of the molecule is COC(=O)C(N)CCSCCOc1ccccc1F. The minimum Gasteiger partial charge on any atom is -0.490 e. The number of halogens is 1. The molecule has 0 fully saturated rings. The van der Waals surface area contributed by atoms with E-state index in [1.54, 1.807) is 30.0 Å². The van der Waals surface area contributed by atoms with E-state index in [0.29, 0.717) is 18.8 Å². The van der Waals surface area contributed by atoms with Crippen molar-refractivity contribution in [3.8, 4) is 5.75 Å². The number of benzene rings is 1. The van der Waals surface area contributed by atoms with Gasteiger partial charge in [-0.15, -0.1) is 0 Å². The molecule has 0 aliphatic carbocycles. The van der Waals surface area contributed by atoms with Crippen molar-refractivity contribution in [1.82, 2.24) is 0 Å². The van der Waals surface area contributed by atoms with E-state index in [9.17, 15) is 9.18 Å². The minimum absolute atomic E-state index is 0.259. The molecule has 1 atom stereocenters. The fraction of sp³-hybridized carbons (Fsp3) is 0.462. The van der Waals surface area contributed by atoms with E-state index in [-0.39, 0.29) is 11.6 Å². The number of thioether (sulfide) groups is 1. The van der Waals surface area contributed by atoms with Crippen molar-refractivity contribution in [3.05, 3.63) is 30.1 Å². The molecule has 1 rings (SSSR count). The van der Waals surface area contributed by atoms with Gasteiger partial charge in [-0.2, -0.15) is 11.8 Å². The predicted molar refractivity (Wildman–Crippen MR) is 73.8 cm³/mol. The zero-order chi connectivity index (χ0) is 14.1. The first kappa shape index (κ1) is 15.8. The number of para-hydroxylation sites is 1. The lowest BCUT2D eigenvalue weighted by atomic mass is 10.2. The second-order valence-corrected chi connectivity index (χ2v) is 5.03. The number of nitrogens with two attached hydrogens (primary N) is 1. The Labute approximate surface area is 116 Å². The molecule has 0 aromatic heterocycles. The summed E-state index contributed by atoms with van der Waals surface area (Å²) in [6.45, 7) is 0.416. The molecule has 6 heteroatoms. The van der Waals surface area contributed by atoms with Crippen LogP contribution in [0.25, 0.3) is 0 Å². The molecule has 0 aliphatic heterocycles. The lowest BCUT2D eigenvalue weighted by Crippen LogP contribution is -2.32. The van der Waals surface area contributed by atoms with Crippen LogP contribution in [0.2, 0.25) is 0 Å². The van der Waals surface area contributed by atoms with Gasteiger partial charge in [0, 0.05) is 5.75 Å². The highest BCUT2D eigenvalue weighted by atomic mass is 32.2. The van der Waals surface area contributed by atoms with Gasteiger partial charge in [0.2, 0.25) is 0 Å². The van der Waals surface area contributed by atoms with Gasteiger partial charge in [0.25, 0.3) is 0 Å². The molecule has 0 heterocycles. The number of ether oxygens (including phenoxy) is 2. The second-order valence-electron chi connectivity index (χ2n) is 3.81. The number of esters is 1. The molecule has 0 bridgehead atoms. The van der Waals surface area contributed by atoms with Crippen LogP contribution in [0.5, 0.6) is 5.75 Å². The summed E-state index contributed by atoms with van der Waals surface area (Å²) in [6.07, 6.45) is 0.553. The standard InChI is InChI=1S/C13H18FNO3S/c1-17-13(16)11(15)6-8-19-9-7-18-12-5-3-2-4-10(12)14/h2-5,11H,6-9,15H2,1H3. The lowest BCUT2D eigenvalue weighted by Gasteiger charge is -2.09. The lowest BCUT2D eigenvalue weighted by molar-refractivity contribution is -0.142. The molecule has 0 radical (unpaired) electrons. The van der Waals surface area contributed by atoms with Crippen LogP contribution in [0.1, 0.15) is 6.42 Å². The van der Waals surface area contributed by atoms with Gasteiger partial charge in [0.15, 0.2) is 11.6 Å². The summed E-state index contributed by atoms with van der Waals surface area (Å²) < 4.78 is 23.0. The quantitative estimate of drug-likeness (QED) is 0.584. The molecule has 0 saturated heterocycles. The molecule has 0 spiro atoms. The Hall–Kier alpha value is -1.27. The summed E-state index contributed by atoms with van der Waals surface area (Å²) in [7, 11) is 1.32. The van der Waals surface area contributed by atoms with Crippen molar-refractivity contribution in [1.29, 1.82) is 0 Å². The largest absolute Gasteiger partial charge is 0.490 e. The topological polar surface area (TPSA) is 61.5 Å². The van der Waals surface area contributed by atoms with E-state index >= 15 is 0 Å². The highest BCUT2D eigenvalue weighted by molar-refractivity contribution is 7.99. The predicted octanol–water partition coefficient (Wildman–Crippen LogP) is 1.83. The van der Waals surface area contributed by atoms with Crippen molar-refractivity contribution in [2.75, 3.05) is 25.2 Å². The zero-order valence-corrected chi connectivity index (χ0v) is 11.6. The first-order valence-corrected chi connectivity index (χ1v) is 7.09. The third kappa shape index (κ3) is 5.94. The van der Waals surface area contributed by atoms with Gasteiger partial charge in [0.05, 0.1) is 13.7 Å². The average molecular weight is 287 g/mol. The van der Waals surface area contributed by atoms with Gasteiger partial charge in [-0.1, -0.05) is 12.1 Å². The van der Waals surface area contributed by atoms with Crippen LogP contribution in [0.3, 0.4) is 0 Å². The van der Waals surface area contributed by atoms with E-state index in [1.807, 2.05) is 0 Å². The summed E-state index contributed by atoms with van der Waals surface area (Å²) in [5.41, 5.74) is 5.58. The smallest absolute Gasteiger partial charge is 0.322 e. The van der Waals surface area contributed by atoms with Gasteiger partial charge in [-0.25, -0.2) is 4.39 Å². The highest BCUT2D eigenvalue weighted by Gasteiger charge is 2.12. The molecule has 106 valence electrons. The van der Waals surface area contributed by atoms with Crippen LogP contribution in [-0.2, 0) is 9.53 Å². The monoisotopic (exact) mass is 287 g/mol. The molecule has 4 nitrogen and oxygen atoms in total. The molecule has 0 saturated carbocycles. The first-order valence-electron chi connectivity index (χ1n) is 5.93. The van der Waals surface area contributed by atoms with Gasteiger partial charge in [-0.05, 0) is 24.3 Å². The van der Waals surface area contributed by atoms with E-state index < -0.39 is 12.0 Å². The van der Waals surface area contributed by atoms with Crippen LogP contribution in [0.4, 0.5) is 4.39 Å². The number of hydrogen-bond acceptors (Lipinski definition) is 5. The Kier molecular flexibility index (Phi) is 7.28. The zero-order valence-electron chi connectivity index (χ0n) is 10.8. The summed E-state index contributed by atoms with van der Waals surface area (Å²) in [5, 5.41) is 0. The van der Waals surface area contributed by atoms with E-state index in [4.69, 9.17) is 10.5 Å². The van der Waals surface area contributed by atoms with Crippen molar-refractivity contribution in [2.45, 2.75) is 12.5 Å². The Morgan fingerprint density at radius 3 is 2.84 bits per heavy atom. The maximum atomic E-state index is 13.2. The third-order valence-electron chi connectivity index (χ3n) is 2.40. The maximum Gasteiger partial charge on any atom is 0.322 e.